The van der Waals surface area contributed by atoms with Crippen LogP contribution in [0.2, 0.25) is 0 Å². The molecule has 0 aliphatic carbocycles. The van der Waals surface area contributed by atoms with Crippen molar-refractivity contribution in [1.82, 2.24) is 29.7 Å². The van der Waals surface area contributed by atoms with Gasteiger partial charge in [-0.3, -0.25) is 4.79 Å². The molecule has 0 radical (unpaired) electrons. The van der Waals surface area contributed by atoms with Gasteiger partial charge in [-0.15, -0.1) is 0 Å². The third-order valence-electron chi connectivity index (χ3n) is 4.93. The molecule has 1 amide bonds. The average Bonchev–Trinajstić information content (AvgIpc) is 3.40. The summed E-state index contributed by atoms with van der Waals surface area (Å²) < 4.78 is 12.7. The van der Waals surface area contributed by atoms with Gasteiger partial charge in [-0.05, 0) is 38.2 Å². The first kappa shape index (κ1) is 18.2. The van der Waals surface area contributed by atoms with Gasteiger partial charge in [0.2, 0.25) is 0 Å². The van der Waals surface area contributed by atoms with Gasteiger partial charge in [-0.25, -0.2) is 9.67 Å². The fourth-order valence-electron chi connectivity index (χ4n) is 3.07. The van der Waals surface area contributed by atoms with Gasteiger partial charge in [0.1, 0.15) is 25.0 Å². The van der Waals surface area contributed by atoms with Crippen LogP contribution in [0.5, 0.6) is 5.75 Å². The molecule has 4 rings (SSSR count). The van der Waals surface area contributed by atoms with Crippen molar-refractivity contribution < 1.29 is 14.1 Å². The highest BCUT2D eigenvalue weighted by atomic mass is 16.5. The fourth-order valence-corrected chi connectivity index (χ4v) is 3.07. The second-order valence-corrected chi connectivity index (χ2v) is 6.88. The average molecular weight is 382 g/mol. The number of hydrogen-bond donors (Lipinski definition) is 0. The standard InChI is InChI=1S/C19H22N6O3/c1-14-10-24(8-7-23(14)2)19(26)18-9-17(28-22-18)11-27-16-5-3-15(4-6-16)25-13-20-12-21-25/h3-6,9,12-14H,7-8,10-11H2,1-2H3/t14-/m0/s1. The first-order valence-electron chi connectivity index (χ1n) is 9.13. The maximum absolute atomic E-state index is 12.6. The van der Waals surface area contributed by atoms with Gasteiger partial charge in [0.15, 0.2) is 11.5 Å². The van der Waals surface area contributed by atoms with Crippen molar-refractivity contribution in [3.63, 3.8) is 0 Å². The van der Waals surface area contributed by atoms with E-state index in [0.717, 1.165) is 12.2 Å². The quantitative estimate of drug-likeness (QED) is 0.662. The second-order valence-electron chi connectivity index (χ2n) is 6.88. The summed E-state index contributed by atoms with van der Waals surface area (Å²) in [7, 11) is 2.07. The highest BCUT2D eigenvalue weighted by molar-refractivity contribution is 5.92. The molecule has 0 N–H and O–H groups in total. The van der Waals surface area contributed by atoms with Crippen LogP contribution in [0.15, 0.2) is 47.5 Å². The van der Waals surface area contributed by atoms with Gasteiger partial charge >= 0.3 is 0 Å². The van der Waals surface area contributed by atoms with E-state index in [0.29, 0.717) is 36.3 Å². The molecule has 28 heavy (non-hydrogen) atoms. The summed E-state index contributed by atoms with van der Waals surface area (Å²) in [5.41, 5.74) is 1.20. The molecule has 0 bridgehead atoms. The molecular weight excluding hydrogens is 360 g/mol. The molecule has 1 aliphatic heterocycles. The number of nitrogens with zero attached hydrogens (tertiary/aromatic N) is 6. The smallest absolute Gasteiger partial charge is 0.276 e. The molecule has 3 heterocycles. The summed E-state index contributed by atoms with van der Waals surface area (Å²) in [4.78, 5) is 20.6. The molecule has 0 saturated carbocycles. The molecule has 1 fully saturated rings. The molecule has 146 valence electrons. The lowest BCUT2D eigenvalue weighted by molar-refractivity contribution is 0.0562. The largest absolute Gasteiger partial charge is 0.486 e. The minimum atomic E-state index is -0.105. The van der Waals surface area contributed by atoms with Crippen LogP contribution in [0.3, 0.4) is 0 Å². The van der Waals surface area contributed by atoms with Crippen LogP contribution < -0.4 is 4.74 Å². The minimum absolute atomic E-state index is 0.105. The van der Waals surface area contributed by atoms with Crippen LogP contribution in [0.1, 0.15) is 23.2 Å². The van der Waals surface area contributed by atoms with E-state index in [1.165, 1.54) is 6.33 Å². The summed E-state index contributed by atoms with van der Waals surface area (Å²) in [6.45, 7) is 4.53. The number of aromatic nitrogens is 4. The zero-order valence-electron chi connectivity index (χ0n) is 15.9. The van der Waals surface area contributed by atoms with E-state index in [4.69, 9.17) is 9.26 Å². The highest BCUT2D eigenvalue weighted by Crippen LogP contribution is 2.17. The van der Waals surface area contributed by atoms with Gasteiger partial charge < -0.3 is 19.1 Å². The van der Waals surface area contributed by atoms with Crippen molar-refractivity contribution in [2.45, 2.75) is 19.6 Å². The summed E-state index contributed by atoms with van der Waals surface area (Å²) in [6.07, 6.45) is 3.11. The highest BCUT2D eigenvalue weighted by Gasteiger charge is 2.27. The SMILES string of the molecule is C[C@H]1CN(C(=O)c2cc(COc3ccc(-n4cncn4)cc3)on2)CCN1C. The number of carbonyl (C=O) groups is 1. The van der Waals surface area contributed by atoms with Crippen LogP contribution >= 0.6 is 0 Å². The Hall–Kier alpha value is -3.20. The molecule has 1 aliphatic rings. The van der Waals surface area contributed by atoms with Crippen molar-refractivity contribution in [2.75, 3.05) is 26.7 Å². The number of amides is 1. The number of carbonyl (C=O) groups excluding carboxylic acids is 1. The van der Waals surface area contributed by atoms with Gasteiger partial charge in [0.05, 0.1) is 5.69 Å². The van der Waals surface area contributed by atoms with Crippen LogP contribution in [-0.2, 0) is 6.61 Å². The molecule has 1 atom stereocenters. The number of likely N-dealkylation sites (N-methyl/N-ethyl adjacent to an activating group) is 1. The molecule has 3 aromatic rings. The van der Waals surface area contributed by atoms with Crippen molar-refractivity contribution in [2.24, 2.45) is 0 Å². The maximum atomic E-state index is 12.6. The van der Waals surface area contributed by atoms with E-state index in [1.54, 1.807) is 17.1 Å². The lowest BCUT2D eigenvalue weighted by Gasteiger charge is -2.37. The Bertz CT molecular complexity index is 922. The van der Waals surface area contributed by atoms with E-state index >= 15 is 0 Å². The molecule has 2 aromatic heterocycles. The van der Waals surface area contributed by atoms with E-state index in [9.17, 15) is 4.79 Å². The predicted molar refractivity (Wildman–Crippen MR) is 100 cm³/mol. The number of hydrogen-bond acceptors (Lipinski definition) is 7. The van der Waals surface area contributed by atoms with E-state index in [1.807, 2.05) is 29.2 Å². The third-order valence-corrected chi connectivity index (χ3v) is 4.93. The molecule has 1 aromatic carbocycles. The van der Waals surface area contributed by atoms with Crippen molar-refractivity contribution in [3.8, 4) is 11.4 Å². The molecule has 0 unspecified atom stereocenters. The summed E-state index contributed by atoms with van der Waals surface area (Å²) in [6, 6.07) is 9.42. The normalized spacial score (nSPS) is 17.6. The molecule has 9 heteroatoms. The van der Waals surface area contributed by atoms with Crippen LogP contribution in [0.25, 0.3) is 5.69 Å². The van der Waals surface area contributed by atoms with E-state index in [2.05, 4.69) is 34.1 Å². The van der Waals surface area contributed by atoms with Gasteiger partial charge in [-0.2, -0.15) is 5.10 Å². The number of piperazine rings is 1. The molecule has 0 spiro atoms. The summed E-state index contributed by atoms with van der Waals surface area (Å²) >= 11 is 0. The maximum Gasteiger partial charge on any atom is 0.276 e. The van der Waals surface area contributed by atoms with Crippen LogP contribution in [0, 0.1) is 0 Å². The zero-order chi connectivity index (χ0) is 19.5. The van der Waals surface area contributed by atoms with Crippen LogP contribution in [0.4, 0.5) is 0 Å². The second kappa shape index (κ2) is 7.81. The number of benzene rings is 1. The lowest BCUT2D eigenvalue weighted by Crippen LogP contribution is -2.52. The lowest BCUT2D eigenvalue weighted by atomic mass is 10.2. The van der Waals surface area contributed by atoms with Gasteiger partial charge in [0, 0.05) is 31.7 Å². The molecule has 1 saturated heterocycles. The molecule has 9 nitrogen and oxygen atoms in total. The fraction of sp³-hybridized carbons (Fsp3) is 0.368. The molecular formula is C19H22N6O3. The van der Waals surface area contributed by atoms with Gasteiger partial charge in [-0.1, -0.05) is 5.16 Å². The van der Waals surface area contributed by atoms with Gasteiger partial charge in [0.25, 0.3) is 5.91 Å². The van der Waals surface area contributed by atoms with Crippen LogP contribution in [-0.4, -0.2) is 68.4 Å². The van der Waals surface area contributed by atoms with Crippen molar-refractivity contribution in [1.29, 1.82) is 0 Å². The number of ether oxygens (including phenoxy) is 1. The predicted octanol–water partition coefficient (Wildman–Crippen LogP) is 1.61. The Morgan fingerprint density at radius 3 is 2.82 bits per heavy atom. The minimum Gasteiger partial charge on any atom is -0.486 e. The van der Waals surface area contributed by atoms with E-state index < -0.39 is 0 Å². The topological polar surface area (TPSA) is 89.5 Å². The first-order valence-corrected chi connectivity index (χ1v) is 9.13. The monoisotopic (exact) mass is 382 g/mol. The van der Waals surface area contributed by atoms with Crippen molar-refractivity contribution >= 4 is 5.91 Å². The summed E-state index contributed by atoms with van der Waals surface area (Å²) in [5.74, 6) is 1.08. The Morgan fingerprint density at radius 2 is 2.11 bits per heavy atom. The Balaban J connectivity index is 1.34. The van der Waals surface area contributed by atoms with E-state index in [-0.39, 0.29) is 12.5 Å². The number of rotatable bonds is 5. The summed E-state index contributed by atoms with van der Waals surface area (Å²) in [5, 5.41) is 8.00. The van der Waals surface area contributed by atoms with Crippen molar-refractivity contribution in [3.05, 3.63) is 54.4 Å². The Labute approximate surface area is 162 Å². The Morgan fingerprint density at radius 1 is 1.29 bits per heavy atom. The first-order chi connectivity index (χ1) is 13.6. The zero-order valence-corrected chi connectivity index (χ0v) is 15.9. The third kappa shape index (κ3) is 3.89. The Kier molecular flexibility index (Phi) is 5.07.